The van der Waals surface area contributed by atoms with Gasteiger partial charge in [-0.25, -0.2) is 13.2 Å². The van der Waals surface area contributed by atoms with Crippen molar-refractivity contribution in [1.29, 1.82) is 0 Å². The van der Waals surface area contributed by atoms with Crippen LogP contribution in [0.3, 0.4) is 0 Å². The number of hydrogen-bond donors (Lipinski definition) is 0. The second-order valence-corrected chi connectivity index (χ2v) is 11.5. The van der Waals surface area contributed by atoms with E-state index in [4.69, 9.17) is 0 Å². The van der Waals surface area contributed by atoms with E-state index in [-0.39, 0.29) is 35.1 Å². The van der Waals surface area contributed by atoms with Crippen molar-refractivity contribution < 1.29 is 13.2 Å². The molecule has 5 rings (SSSR count). The van der Waals surface area contributed by atoms with Crippen molar-refractivity contribution in [1.82, 2.24) is 13.4 Å². The summed E-state index contributed by atoms with van der Waals surface area (Å²) < 4.78 is 30.9. The van der Waals surface area contributed by atoms with Crippen LogP contribution in [0.25, 0.3) is 11.0 Å². The topological polar surface area (TPSA) is 84.6 Å². The number of rotatable bonds is 5. The Labute approximate surface area is 199 Å². The van der Waals surface area contributed by atoms with Crippen LogP contribution in [0, 0.1) is 0 Å². The number of para-hydroxylation sites is 1. The van der Waals surface area contributed by atoms with Crippen LogP contribution < -0.4 is 10.6 Å². The molecule has 34 heavy (non-hydrogen) atoms. The van der Waals surface area contributed by atoms with Crippen LogP contribution >= 0.6 is 0 Å². The molecule has 0 saturated carbocycles. The van der Waals surface area contributed by atoms with Gasteiger partial charge in [-0.05, 0) is 69.9 Å². The van der Waals surface area contributed by atoms with Crippen LogP contribution in [-0.4, -0.2) is 46.9 Å². The zero-order chi connectivity index (χ0) is 24.2. The first-order valence-corrected chi connectivity index (χ1v) is 13.3. The van der Waals surface area contributed by atoms with E-state index in [0.717, 1.165) is 30.5 Å². The highest BCUT2D eigenvalue weighted by atomic mass is 32.2. The second kappa shape index (κ2) is 8.39. The van der Waals surface area contributed by atoms with E-state index in [1.807, 2.05) is 45.0 Å². The minimum Gasteiger partial charge on any atom is -0.307 e. The van der Waals surface area contributed by atoms with Gasteiger partial charge in [0.15, 0.2) is 0 Å². The Hall–Kier alpha value is -2.91. The molecule has 0 bridgehead atoms. The molecule has 2 aliphatic rings. The lowest BCUT2D eigenvalue weighted by Crippen LogP contribution is -2.40. The molecule has 9 heteroatoms. The maximum atomic E-state index is 13.5. The summed E-state index contributed by atoms with van der Waals surface area (Å²) in [5.74, 6) is -0.185. The molecule has 0 radical (unpaired) electrons. The molecule has 1 saturated heterocycles. The van der Waals surface area contributed by atoms with E-state index >= 15 is 0 Å². The van der Waals surface area contributed by atoms with Crippen molar-refractivity contribution in [2.75, 3.05) is 18.0 Å². The smallest absolute Gasteiger partial charge is 0.307 e. The van der Waals surface area contributed by atoms with Gasteiger partial charge >= 0.3 is 5.69 Å². The molecular formula is C25H30N4O4S. The van der Waals surface area contributed by atoms with Gasteiger partial charge in [0.05, 0.1) is 15.9 Å². The van der Waals surface area contributed by atoms with Gasteiger partial charge in [0.1, 0.15) is 6.54 Å². The van der Waals surface area contributed by atoms with Crippen LogP contribution in [0.15, 0.2) is 52.2 Å². The number of amides is 1. The van der Waals surface area contributed by atoms with Crippen LogP contribution in [0.5, 0.6) is 0 Å². The van der Waals surface area contributed by atoms with Gasteiger partial charge in [-0.3, -0.25) is 13.9 Å². The number of anilines is 1. The fraction of sp³-hybridized carbons (Fsp3) is 0.440. The molecule has 1 aromatic heterocycles. The highest BCUT2D eigenvalue weighted by Gasteiger charge is 2.32. The number of hydrogen-bond acceptors (Lipinski definition) is 4. The van der Waals surface area contributed by atoms with E-state index in [0.29, 0.717) is 24.1 Å². The van der Waals surface area contributed by atoms with Crippen molar-refractivity contribution in [3.8, 4) is 0 Å². The second-order valence-electron chi connectivity index (χ2n) is 9.54. The van der Waals surface area contributed by atoms with Crippen LogP contribution in [0.1, 0.15) is 45.2 Å². The van der Waals surface area contributed by atoms with Crippen LogP contribution in [-0.2, 0) is 27.8 Å². The van der Waals surface area contributed by atoms with E-state index in [1.54, 1.807) is 27.7 Å². The SMILES string of the molecule is CC1Cc2ccccc2N1C(=O)Cn1c(=O)n(C(C)C)c2ccc(S(=O)(=O)N3CCCC3)cc21. The Balaban J connectivity index is 1.59. The number of sulfonamides is 1. The summed E-state index contributed by atoms with van der Waals surface area (Å²) in [5, 5.41) is 0. The van der Waals surface area contributed by atoms with E-state index in [1.165, 1.54) is 8.87 Å². The fourth-order valence-electron chi connectivity index (χ4n) is 5.31. The summed E-state index contributed by atoms with van der Waals surface area (Å²) in [6.45, 7) is 6.66. The van der Waals surface area contributed by atoms with Crippen molar-refractivity contribution in [2.45, 2.75) is 63.6 Å². The Kier molecular flexibility index (Phi) is 5.64. The molecule has 3 heterocycles. The molecule has 1 fully saturated rings. The Morgan fingerprint density at radius 2 is 1.76 bits per heavy atom. The van der Waals surface area contributed by atoms with Gasteiger partial charge in [-0.2, -0.15) is 4.31 Å². The van der Waals surface area contributed by atoms with Gasteiger partial charge < -0.3 is 4.90 Å². The Morgan fingerprint density at radius 1 is 1.06 bits per heavy atom. The van der Waals surface area contributed by atoms with Gasteiger partial charge in [-0.15, -0.1) is 0 Å². The molecule has 0 aliphatic carbocycles. The molecule has 2 aliphatic heterocycles. The highest BCUT2D eigenvalue weighted by molar-refractivity contribution is 7.89. The average Bonchev–Trinajstić information content (AvgIpc) is 3.50. The Morgan fingerprint density at radius 3 is 2.47 bits per heavy atom. The summed E-state index contributed by atoms with van der Waals surface area (Å²) in [4.78, 5) is 28.8. The van der Waals surface area contributed by atoms with Crippen molar-refractivity contribution in [2.24, 2.45) is 0 Å². The summed E-state index contributed by atoms with van der Waals surface area (Å²) in [5.41, 5.74) is 2.77. The van der Waals surface area contributed by atoms with Gasteiger partial charge in [-0.1, -0.05) is 18.2 Å². The standard InChI is InChI=1S/C25H30N4O4S/c1-17(2)28-22-11-10-20(34(32,33)26-12-6-7-13-26)15-23(22)27(25(28)31)16-24(30)29-18(3)14-19-8-4-5-9-21(19)29/h4-5,8-11,15,17-18H,6-7,12-14,16H2,1-3H3. The zero-order valence-electron chi connectivity index (χ0n) is 19.8. The number of benzene rings is 2. The average molecular weight is 483 g/mol. The van der Waals surface area contributed by atoms with Crippen molar-refractivity contribution in [3.63, 3.8) is 0 Å². The quantitative estimate of drug-likeness (QED) is 0.559. The van der Waals surface area contributed by atoms with Gasteiger partial charge in [0, 0.05) is 30.9 Å². The maximum Gasteiger partial charge on any atom is 0.329 e. The normalized spacial score (nSPS) is 18.8. The van der Waals surface area contributed by atoms with E-state index in [9.17, 15) is 18.0 Å². The largest absolute Gasteiger partial charge is 0.329 e. The molecule has 0 N–H and O–H groups in total. The summed E-state index contributed by atoms with van der Waals surface area (Å²) >= 11 is 0. The molecule has 1 atom stereocenters. The number of imidazole rings is 1. The van der Waals surface area contributed by atoms with Crippen LogP contribution in [0.4, 0.5) is 5.69 Å². The number of aromatic nitrogens is 2. The maximum absolute atomic E-state index is 13.5. The van der Waals surface area contributed by atoms with Gasteiger partial charge in [0.25, 0.3) is 0 Å². The first-order valence-electron chi connectivity index (χ1n) is 11.8. The van der Waals surface area contributed by atoms with E-state index in [2.05, 4.69) is 0 Å². The third-order valence-corrected chi connectivity index (χ3v) is 8.82. The minimum atomic E-state index is -3.65. The monoisotopic (exact) mass is 482 g/mol. The van der Waals surface area contributed by atoms with Crippen molar-refractivity contribution >= 4 is 32.7 Å². The molecule has 0 spiro atoms. The molecule has 180 valence electrons. The number of fused-ring (bicyclic) bond motifs is 2. The molecule has 8 nitrogen and oxygen atoms in total. The van der Waals surface area contributed by atoms with E-state index < -0.39 is 10.0 Å². The highest BCUT2D eigenvalue weighted by Crippen LogP contribution is 2.32. The molecule has 1 unspecified atom stereocenters. The Bertz CT molecular complexity index is 1430. The molecule has 3 aromatic rings. The third kappa shape index (κ3) is 3.58. The van der Waals surface area contributed by atoms with Crippen molar-refractivity contribution in [3.05, 3.63) is 58.5 Å². The lowest BCUT2D eigenvalue weighted by atomic mass is 10.1. The lowest BCUT2D eigenvalue weighted by Gasteiger charge is -2.23. The summed E-state index contributed by atoms with van der Waals surface area (Å²) in [6, 6.07) is 12.5. The summed E-state index contributed by atoms with van der Waals surface area (Å²) in [7, 11) is -3.65. The first-order chi connectivity index (χ1) is 16.2. The molecule has 2 aromatic carbocycles. The number of carbonyl (C=O) groups is 1. The molecule has 1 amide bonds. The lowest BCUT2D eigenvalue weighted by molar-refractivity contribution is -0.119. The predicted octanol–water partition coefficient (Wildman–Crippen LogP) is 3.15. The minimum absolute atomic E-state index is 0.00911. The van der Waals surface area contributed by atoms with Gasteiger partial charge in [0.2, 0.25) is 15.9 Å². The fourth-order valence-corrected chi connectivity index (χ4v) is 6.84. The summed E-state index contributed by atoms with van der Waals surface area (Å²) in [6.07, 6.45) is 2.46. The number of carbonyl (C=O) groups excluding carboxylic acids is 1. The predicted molar refractivity (Wildman–Crippen MR) is 132 cm³/mol. The molecular weight excluding hydrogens is 452 g/mol. The van der Waals surface area contributed by atoms with Crippen LogP contribution in [0.2, 0.25) is 0 Å². The third-order valence-electron chi connectivity index (χ3n) is 6.92. The zero-order valence-corrected chi connectivity index (χ0v) is 20.6. The number of nitrogens with zero attached hydrogens (tertiary/aromatic N) is 4. The first kappa shape index (κ1) is 22.9.